The molecule has 1 aliphatic heterocycles. The number of rotatable bonds is 5. The summed E-state index contributed by atoms with van der Waals surface area (Å²) in [6, 6.07) is 7.21. The summed E-state index contributed by atoms with van der Waals surface area (Å²) in [7, 11) is -3.08. The maximum absolute atomic E-state index is 13.2. The normalized spacial score (nSPS) is 18.4. The summed E-state index contributed by atoms with van der Waals surface area (Å²) < 4.78 is 25.3. The van der Waals surface area contributed by atoms with E-state index in [0.29, 0.717) is 22.5 Å². The number of nitrogens with one attached hydrogen (secondary N) is 1. The molecule has 1 N–H and O–H groups in total. The summed E-state index contributed by atoms with van der Waals surface area (Å²) in [5, 5.41) is 7.52. The van der Waals surface area contributed by atoms with Gasteiger partial charge in [-0.3, -0.25) is 14.3 Å². The zero-order valence-corrected chi connectivity index (χ0v) is 18.0. The fraction of sp³-hybridized carbons (Fsp3) is 0.476. The van der Waals surface area contributed by atoms with Gasteiger partial charge in [-0.05, 0) is 51.0 Å². The van der Waals surface area contributed by atoms with Crippen molar-refractivity contribution in [2.45, 2.75) is 32.7 Å². The van der Waals surface area contributed by atoms with E-state index >= 15 is 0 Å². The van der Waals surface area contributed by atoms with Gasteiger partial charge in [-0.15, -0.1) is 0 Å². The summed E-state index contributed by atoms with van der Waals surface area (Å²) in [6.45, 7) is 4.40. The molecule has 9 heteroatoms. The Hall–Kier alpha value is -2.68. The van der Waals surface area contributed by atoms with Gasteiger partial charge in [0.05, 0.1) is 17.2 Å². The summed E-state index contributed by atoms with van der Waals surface area (Å²) in [5.74, 6) is -0.199. The Balaban J connectivity index is 1.67. The first-order chi connectivity index (χ1) is 14.2. The van der Waals surface area contributed by atoms with Crippen LogP contribution in [0.3, 0.4) is 0 Å². The minimum Gasteiger partial charge on any atom is -0.337 e. The lowest BCUT2D eigenvalue weighted by Crippen LogP contribution is -2.43. The highest BCUT2D eigenvalue weighted by Gasteiger charge is 2.30. The molecular weight excluding hydrogens is 404 g/mol. The number of nitrogens with zero attached hydrogens (tertiary/aromatic N) is 3. The smallest absolute Gasteiger partial charge is 0.254 e. The maximum Gasteiger partial charge on any atom is 0.254 e. The molecule has 2 aliphatic rings. The first kappa shape index (κ1) is 20.6. The van der Waals surface area contributed by atoms with Crippen molar-refractivity contribution in [2.75, 3.05) is 29.9 Å². The largest absolute Gasteiger partial charge is 0.337 e. The number of carbonyl (C=O) groups is 2. The molecule has 1 aromatic carbocycles. The van der Waals surface area contributed by atoms with E-state index in [1.165, 1.54) is 0 Å². The van der Waals surface area contributed by atoms with Crippen LogP contribution in [0.1, 0.15) is 43.1 Å². The lowest BCUT2D eigenvalue weighted by atomic mass is 10.0. The fourth-order valence-corrected chi connectivity index (χ4v) is 4.67. The van der Waals surface area contributed by atoms with Crippen LogP contribution in [0.5, 0.6) is 0 Å². The second-order valence-electron chi connectivity index (χ2n) is 8.24. The molecular formula is C21H26N4O4S. The third kappa shape index (κ3) is 4.40. The molecule has 1 aromatic heterocycles. The van der Waals surface area contributed by atoms with Crippen molar-refractivity contribution in [1.82, 2.24) is 14.7 Å². The van der Waals surface area contributed by atoms with Gasteiger partial charge in [-0.1, -0.05) is 0 Å². The number of hydrogen-bond donors (Lipinski definition) is 1. The second kappa shape index (κ2) is 7.86. The molecule has 2 fully saturated rings. The number of sulfone groups is 1. The van der Waals surface area contributed by atoms with Crippen LogP contribution >= 0.6 is 0 Å². The Morgan fingerprint density at radius 2 is 1.83 bits per heavy atom. The zero-order valence-electron chi connectivity index (χ0n) is 17.2. The number of hydrogen-bond acceptors (Lipinski definition) is 5. The third-order valence-electron chi connectivity index (χ3n) is 5.51. The van der Waals surface area contributed by atoms with Crippen LogP contribution in [-0.2, 0) is 14.6 Å². The number of aromatic nitrogens is 2. The predicted molar refractivity (Wildman–Crippen MR) is 114 cm³/mol. The van der Waals surface area contributed by atoms with Crippen LogP contribution in [0.2, 0.25) is 0 Å². The highest BCUT2D eigenvalue weighted by molar-refractivity contribution is 7.91. The molecule has 0 atom stereocenters. The first-order valence-corrected chi connectivity index (χ1v) is 12.1. The number of benzene rings is 1. The molecule has 8 nitrogen and oxygen atoms in total. The van der Waals surface area contributed by atoms with Crippen molar-refractivity contribution in [3.8, 4) is 11.3 Å². The topological polar surface area (TPSA) is 101 Å². The van der Waals surface area contributed by atoms with Gasteiger partial charge in [0.2, 0.25) is 5.91 Å². The molecule has 0 unspecified atom stereocenters. The summed E-state index contributed by atoms with van der Waals surface area (Å²) >= 11 is 0. The van der Waals surface area contributed by atoms with Gasteiger partial charge in [-0.25, -0.2) is 8.42 Å². The van der Waals surface area contributed by atoms with E-state index in [1.807, 2.05) is 30.8 Å². The Labute approximate surface area is 176 Å². The quantitative estimate of drug-likeness (QED) is 0.785. The fourth-order valence-electron chi connectivity index (χ4n) is 3.47. The lowest BCUT2D eigenvalue weighted by molar-refractivity contribution is -0.117. The Morgan fingerprint density at radius 3 is 2.43 bits per heavy atom. The predicted octanol–water partition coefficient (Wildman–Crippen LogP) is 2.35. The van der Waals surface area contributed by atoms with Crippen molar-refractivity contribution < 1.29 is 18.0 Å². The van der Waals surface area contributed by atoms with E-state index in [2.05, 4.69) is 10.4 Å². The van der Waals surface area contributed by atoms with E-state index in [1.54, 1.807) is 23.1 Å². The molecule has 1 saturated heterocycles. The van der Waals surface area contributed by atoms with Crippen molar-refractivity contribution in [3.63, 3.8) is 0 Å². The third-order valence-corrected chi connectivity index (χ3v) is 7.12. The maximum atomic E-state index is 13.2. The summed E-state index contributed by atoms with van der Waals surface area (Å²) in [6.07, 6.45) is 3.68. The van der Waals surface area contributed by atoms with Crippen LogP contribution in [0.15, 0.2) is 30.5 Å². The zero-order chi connectivity index (χ0) is 21.5. The SMILES string of the molecule is CC(C)n1ccc(-c2cc(NC(=O)C3CC3)ccc2C(=O)N2CCS(=O)(=O)CC2)n1. The molecule has 4 rings (SSSR count). The average molecular weight is 431 g/mol. The van der Waals surface area contributed by atoms with Gasteiger partial charge < -0.3 is 10.2 Å². The van der Waals surface area contributed by atoms with Gasteiger partial charge in [0.1, 0.15) is 0 Å². The summed E-state index contributed by atoms with van der Waals surface area (Å²) in [4.78, 5) is 27.0. The van der Waals surface area contributed by atoms with Crippen LogP contribution in [0, 0.1) is 5.92 Å². The van der Waals surface area contributed by atoms with Gasteiger partial charge in [0.15, 0.2) is 9.84 Å². The Bertz CT molecular complexity index is 1070. The average Bonchev–Trinajstić information content (AvgIpc) is 3.44. The molecule has 0 radical (unpaired) electrons. The number of amides is 2. The van der Waals surface area contributed by atoms with Gasteiger partial charge in [0.25, 0.3) is 5.91 Å². The number of anilines is 1. The van der Waals surface area contributed by atoms with E-state index in [-0.39, 0.29) is 48.4 Å². The molecule has 1 aliphatic carbocycles. The molecule has 160 valence electrons. The van der Waals surface area contributed by atoms with Crippen LogP contribution in [0.4, 0.5) is 5.69 Å². The van der Waals surface area contributed by atoms with Crippen LogP contribution in [0.25, 0.3) is 11.3 Å². The molecule has 2 amide bonds. The van der Waals surface area contributed by atoms with E-state index in [0.717, 1.165) is 12.8 Å². The summed E-state index contributed by atoms with van der Waals surface area (Å²) in [5.41, 5.74) is 2.34. The molecule has 2 aromatic rings. The van der Waals surface area contributed by atoms with Crippen LogP contribution < -0.4 is 5.32 Å². The molecule has 2 heterocycles. The van der Waals surface area contributed by atoms with Gasteiger partial charge in [0, 0.05) is 48.1 Å². The molecule has 1 saturated carbocycles. The minimum absolute atomic E-state index is 0.00558. The van der Waals surface area contributed by atoms with Gasteiger partial charge in [-0.2, -0.15) is 5.10 Å². The van der Waals surface area contributed by atoms with Crippen LogP contribution in [-0.4, -0.2) is 59.5 Å². The monoisotopic (exact) mass is 430 g/mol. The second-order valence-corrected chi connectivity index (χ2v) is 10.5. The molecule has 0 spiro atoms. The van der Waals surface area contributed by atoms with E-state index in [4.69, 9.17) is 0 Å². The van der Waals surface area contributed by atoms with E-state index in [9.17, 15) is 18.0 Å². The Morgan fingerprint density at radius 1 is 1.13 bits per heavy atom. The van der Waals surface area contributed by atoms with Crippen molar-refractivity contribution in [2.24, 2.45) is 5.92 Å². The Kier molecular flexibility index (Phi) is 5.40. The highest BCUT2D eigenvalue weighted by Crippen LogP contribution is 2.32. The van der Waals surface area contributed by atoms with Crippen molar-refractivity contribution >= 4 is 27.3 Å². The first-order valence-electron chi connectivity index (χ1n) is 10.2. The standard InChI is InChI=1S/C21H26N4O4S/c1-14(2)25-8-7-19(23-25)18-13-16(22-20(26)15-3-4-15)5-6-17(18)21(27)24-9-11-30(28,29)12-10-24/h5-8,13-15H,3-4,9-12H2,1-2H3,(H,22,26). The molecule has 30 heavy (non-hydrogen) atoms. The molecule has 0 bridgehead atoms. The minimum atomic E-state index is -3.08. The number of carbonyl (C=O) groups excluding carboxylic acids is 2. The van der Waals surface area contributed by atoms with Crippen molar-refractivity contribution in [1.29, 1.82) is 0 Å². The van der Waals surface area contributed by atoms with Crippen molar-refractivity contribution in [3.05, 3.63) is 36.0 Å². The van der Waals surface area contributed by atoms with E-state index < -0.39 is 9.84 Å². The lowest BCUT2D eigenvalue weighted by Gasteiger charge is -2.27. The highest BCUT2D eigenvalue weighted by atomic mass is 32.2. The van der Waals surface area contributed by atoms with Gasteiger partial charge >= 0.3 is 0 Å².